The first-order valence-corrected chi connectivity index (χ1v) is 7.16. The van der Waals surface area contributed by atoms with Gasteiger partial charge in [-0.15, -0.1) is 12.4 Å². The van der Waals surface area contributed by atoms with Crippen LogP contribution < -0.4 is 0 Å². The monoisotopic (exact) mass is 281 g/mol. The van der Waals surface area contributed by atoms with E-state index in [0.29, 0.717) is 0 Å². The molecule has 1 N–H and O–H groups in total. The molecule has 0 bridgehead atoms. The Morgan fingerprint density at radius 1 is 1.00 bits per heavy atom. The predicted octanol–water partition coefficient (Wildman–Crippen LogP) is 2.90. The van der Waals surface area contributed by atoms with Crippen molar-refractivity contribution >= 4 is 12.4 Å². The van der Waals surface area contributed by atoms with Crippen molar-refractivity contribution in [1.29, 1.82) is 0 Å². The van der Waals surface area contributed by atoms with Gasteiger partial charge in [0.15, 0.2) is 0 Å². The topological polar surface area (TPSA) is 23.5 Å². The number of nitrogens with zero attached hydrogens (tertiary/aromatic N) is 1. The van der Waals surface area contributed by atoms with Gasteiger partial charge in [0.05, 0.1) is 6.10 Å². The van der Waals surface area contributed by atoms with Gasteiger partial charge in [-0.3, -0.25) is 0 Å². The number of aryl methyl sites for hydroxylation is 3. The van der Waals surface area contributed by atoms with Gasteiger partial charge in [-0.05, 0) is 74.9 Å². The molecule has 0 spiro atoms. The van der Waals surface area contributed by atoms with Gasteiger partial charge in [-0.25, -0.2) is 0 Å². The molecule has 2 aliphatic carbocycles. The number of benzene rings is 1. The van der Waals surface area contributed by atoms with Crippen molar-refractivity contribution in [1.82, 2.24) is 4.90 Å². The van der Waals surface area contributed by atoms with Crippen molar-refractivity contribution in [3.8, 4) is 0 Å². The minimum atomic E-state index is -0.309. The van der Waals surface area contributed by atoms with E-state index in [-0.39, 0.29) is 24.6 Å². The summed E-state index contributed by atoms with van der Waals surface area (Å²) in [7, 11) is 4.13. The second kappa shape index (κ2) is 5.82. The van der Waals surface area contributed by atoms with Gasteiger partial charge in [0, 0.05) is 6.04 Å². The Hall–Kier alpha value is -0.570. The Morgan fingerprint density at radius 2 is 1.63 bits per heavy atom. The molecule has 0 saturated carbocycles. The molecule has 0 heterocycles. The van der Waals surface area contributed by atoms with Crippen LogP contribution in [0.1, 0.15) is 47.6 Å². The zero-order valence-electron chi connectivity index (χ0n) is 11.9. The SMILES string of the molecule is CN(C)C1CCc2cc3c(cc2C1O)CCCC3.Cl. The average Bonchev–Trinajstić information content (AvgIpc) is 2.37. The molecule has 0 fully saturated rings. The molecule has 2 atom stereocenters. The molecular formula is C16H24ClNO. The molecule has 2 unspecified atom stereocenters. The van der Waals surface area contributed by atoms with Gasteiger partial charge in [0.25, 0.3) is 0 Å². The second-order valence-corrected chi connectivity index (χ2v) is 6.04. The maximum atomic E-state index is 10.6. The number of aliphatic hydroxyl groups is 1. The molecule has 106 valence electrons. The van der Waals surface area contributed by atoms with Gasteiger partial charge >= 0.3 is 0 Å². The number of hydrogen-bond acceptors (Lipinski definition) is 2. The molecule has 0 radical (unpaired) electrons. The number of likely N-dealkylation sites (N-methyl/N-ethyl adjacent to an activating group) is 1. The highest BCUT2D eigenvalue weighted by Crippen LogP contribution is 2.35. The fourth-order valence-corrected chi connectivity index (χ4v) is 3.56. The number of halogens is 1. The van der Waals surface area contributed by atoms with Crippen molar-refractivity contribution in [3.05, 3.63) is 34.4 Å². The fraction of sp³-hybridized carbons (Fsp3) is 0.625. The first kappa shape index (κ1) is 14.8. The van der Waals surface area contributed by atoms with E-state index in [0.717, 1.165) is 12.8 Å². The normalized spacial score (nSPS) is 25.5. The minimum Gasteiger partial charge on any atom is -0.387 e. The third kappa shape index (κ3) is 2.67. The largest absolute Gasteiger partial charge is 0.387 e. The van der Waals surface area contributed by atoms with E-state index in [2.05, 4.69) is 31.1 Å². The van der Waals surface area contributed by atoms with Crippen LogP contribution in [0.3, 0.4) is 0 Å². The highest BCUT2D eigenvalue weighted by atomic mass is 35.5. The molecule has 0 saturated heterocycles. The zero-order chi connectivity index (χ0) is 12.7. The third-order valence-electron chi connectivity index (χ3n) is 4.66. The molecule has 19 heavy (non-hydrogen) atoms. The quantitative estimate of drug-likeness (QED) is 0.856. The van der Waals surface area contributed by atoms with Crippen molar-refractivity contribution in [2.75, 3.05) is 14.1 Å². The van der Waals surface area contributed by atoms with Crippen molar-refractivity contribution in [2.45, 2.75) is 50.7 Å². The molecule has 2 aliphatic rings. The van der Waals surface area contributed by atoms with E-state index in [1.807, 2.05) is 0 Å². The molecule has 0 aromatic heterocycles. The molecule has 1 aromatic carbocycles. The zero-order valence-corrected chi connectivity index (χ0v) is 12.7. The summed E-state index contributed by atoms with van der Waals surface area (Å²) in [6.45, 7) is 0. The third-order valence-corrected chi connectivity index (χ3v) is 4.66. The maximum absolute atomic E-state index is 10.6. The highest BCUT2D eigenvalue weighted by molar-refractivity contribution is 5.85. The first-order valence-electron chi connectivity index (χ1n) is 7.16. The Kier molecular flexibility index (Phi) is 4.54. The minimum absolute atomic E-state index is 0. The van der Waals surface area contributed by atoms with E-state index in [1.165, 1.54) is 47.9 Å². The summed E-state index contributed by atoms with van der Waals surface area (Å²) < 4.78 is 0. The summed E-state index contributed by atoms with van der Waals surface area (Å²) in [5.41, 5.74) is 5.61. The van der Waals surface area contributed by atoms with Crippen LogP contribution in [0.5, 0.6) is 0 Å². The van der Waals surface area contributed by atoms with E-state index < -0.39 is 0 Å². The lowest BCUT2D eigenvalue weighted by Crippen LogP contribution is -2.37. The predicted molar refractivity (Wildman–Crippen MR) is 81.1 cm³/mol. The van der Waals surface area contributed by atoms with Gasteiger partial charge in [-0.1, -0.05) is 12.1 Å². The molecule has 1 aromatic rings. The molecule has 0 amide bonds. The molecule has 2 nitrogen and oxygen atoms in total. The van der Waals surface area contributed by atoms with Crippen molar-refractivity contribution in [3.63, 3.8) is 0 Å². The fourth-order valence-electron chi connectivity index (χ4n) is 3.56. The van der Waals surface area contributed by atoms with Crippen LogP contribution >= 0.6 is 12.4 Å². The van der Waals surface area contributed by atoms with Crippen LogP contribution in [0.15, 0.2) is 12.1 Å². The second-order valence-electron chi connectivity index (χ2n) is 6.04. The van der Waals surface area contributed by atoms with Crippen LogP contribution in [0.25, 0.3) is 0 Å². The van der Waals surface area contributed by atoms with E-state index in [9.17, 15) is 5.11 Å². The van der Waals surface area contributed by atoms with Crippen LogP contribution in [0.2, 0.25) is 0 Å². The lowest BCUT2D eigenvalue weighted by atomic mass is 9.80. The summed E-state index contributed by atoms with van der Waals surface area (Å²) >= 11 is 0. The Morgan fingerprint density at radius 3 is 2.26 bits per heavy atom. The molecule has 3 heteroatoms. The van der Waals surface area contributed by atoms with E-state index in [4.69, 9.17) is 0 Å². The smallest absolute Gasteiger partial charge is 0.0947 e. The Labute approximate surface area is 122 Å². The summed E-state index contributed by atoms with van der Waals surface area (Å²) in [6.07, 6.45) is 6.93. The molecule has 0 aliphatic heterocycles. The van der Waals surface area contributed by atoms with E-state index in [1.54, 1.807) is 0 Å². The van der Waals surface area contributed by atoms with Gasteiger partial charge in [-0.2, -0.15) is 0 Å². The van der Waals surface area contributed by atoms with Crippen LogP contribution in [-0.4, -0.2) is 30.1 Å². The van der Waals surface area contributed by atoms with Gasteiger partial charge < -0.3 is 10.0 Å². The average molecular weight is 282 g/mol. The van der Waals surface area contributed by atoms with Crippen LogP contribution in [0, 0.1) is 0 Å². The number of rotatable bonds is 1. The van der Waals surface area contributed by atoms with E-state index >= 15 is 0 Å². The van der Waals surface area contributed by atoms with Crippen molar-refractivity contribution < 1.29 is 5.11 Å². The lowest BCUT2D eigenvalue weighted by molar-refractivity contribution is 0.0627. The van der Waals surface area contributed by atoms with Crippen LogP contribution in [0.4, 0.5) is 0 Å². The van der Waals surface area contributed by atoms with Crippen LogP contribution in [-0.2, 0) is 19.3 Å². The Balaban J connectivity index is 0.00000133. The first-order chi connectivity index (χ1) is 8.66. The summed E-state index contributed by atoms with van der Waals surface area (Å²) in [5.74, 6) is 0. The Bertz CT molecular complexity index is 458. The standard InChI is InChI=1S/C16H23NO.ClH/c1-17(2)15-8-7-13-9-11-5-3-4-6-12(11)10-14(13)16(15)18;/h9-10,15-16,18H,3-8H2,1-2H3;1H. The summed E-state index contributed by atoms with van der Waals surface area (Å²) in [5, 5.41) is 10.6. The number of hydrogen-bond donors (Lipinski definition) is 1. The maximum Gasteiger partial charge on any atom is 0.0947 e. The number of aliphatic hydroxyl groups excluding tert-OH is 1. The lowest BCUT2D eigenvalue weighted by Gasteiger charge is -2.35. The van der Waals surface area contributed by atoms with Gasteiger partial charge in [0.2, 0.25) is 0 Å². The van der Waals surface area contributed by atoms with Crippen molar-refractivity contribution in [2.24, 2.45) is 0 Å². The molecular weight excluding hydrogens is 258 g/mol. The van der Waals surface area contributed by atoms with Gasteiger partial charge in [0.1, 0.15) is 0 Å². The summed E-state index contributed by atoms with van der Waals surface area (Å²) in [6, 6.07) is 4.95. The summed E-state index contributed by atoms with van der Waals surface area (Å²) in [4.78, 5) is 2.16. The molecule has 3 rings (SSSR count). The highest BCUT2D eigenvalue weighted by Gasteiger charge is 2.30. The number of fused-ring (bicyclic) bond motifs is 2.